The van der Waals surface area contributed by atoms with Crippen LogP contribution in [0, 0.1) is 13.8 Å². The quantitative estimate of drug-likeness (QED) is 0.342. The van der Waals surface area contributed by atoms with Crippen molar-refractivity contribution in [3.05, 3.63) is 94.9 Å². The summed E-state index contributed by atoms with van der Waals surface area (Å²) in [6.45, 7) is 4.60. The molecule has 156 valence electrons. The minimum atomic E-state index is 0.462. The molecule has 31 heavy (non-hydrogen) atoms. The van der Waals surface area contributed by atoms with Crippen molar-refractivity contribution in [1.82, 2.24) is 9.97 Å². The van der Waals surface area contributed by atoms with Crippen LogP contribution in [0.25, 0.3) is 22.4 Å². The number of hydrogen-bond donors (Lipinski definition) is 0. The van der Waals surface area contributed by atoms with Gasteiger partial charge < -0.3 is 9.47 Å². The van der Waals surface area contributed by atoms with E-state index in [0.29, 0.717) is 11.6 Å². The van der Waals surface area contributed by atoms with Crippen molar-refractivity contribution in [3.8, 4) is 33.9 Å². The Morgan fingerprint density at radius 3 is 2.48 bits per heavy atom. The SMILES string of the molecule is COc1ccc(-c2ccc(COc3ccc(C)cc3-c3ccncn3)c(C)c2)c(Cl)c1. The van der Waals surface area contributed by atoms with Crippen LogP contribution in [-0.2, 0) is 6.61 Å². The second-order valence-electron chi connectivity index (χ2n) is 7.37. The largest absolute Gasteiger partial charge is 0.497 e. The number of methoxy groups -OCH3 is 1. The molecule has 4 aromatic rings. The number of rotatable bonds is 6. The predicted octanol–water partition coefficient (Wildman–Crippen LogP) is 6.67. The van der Waals surface area contributed by atoms with Crippen LogP contribution in [0.15, 0.2) is 73.2 Å². The summed E-state index contributed by atoms with van der Waals surface area (Å²) in [5, 5.41) is 0.664. The van der Waals surface area contributed by atoms with Crippen LogP contribution in [0.3, 0.4) is 0 Å². The molecular weight excluding hydrogens is 408 g/mol. The number of hydrogen-bond acceptors (Lipinski definition) is 4. The standard InChI is InChI=1S/C26H23ClN2O2/c1-17-4-9-26(23(12-17)25-10-11-28-16-29-25)31-15-20-6-5-19(13-18(20)2)22-8-7-21(30-3)14-24(22)27/h4-14,16H,15H2,1-3H3. The van der Waals surface area contributed by atoms with E-state index in [4.69, 9.17) is 21.1 Å². The van der Waals surface area contributed by atoms with Crippen molar-refractivity contribution < 1.29 is 9.47 Å². The van der Waals surface area contributed by atoms with Crippen LogP contribution in [0.1, 0.15) is 16.7 Å². The first-order valence-electron chi connectivity index (χ1n) is 9.98. The van der Waals surface area contributed by atoms with E-state index in [9.17, 15) is 0 Å². The Bertz CT molecular complexity index is 1210. The zero-order valence-corrected chi connectivity index (χ0v) is 18.5. The van der Waals surface area contributed by atoms with Crippen LogP contribution in [-0.4, -0.2) is 17.1 Å². The van der Waals surface area contributed by atoms with Crippen molar-refractivity contribution in [2.24, 2.45) is 0 Å². The molecule has 0 aliphatic rings. The van der Waals surface area contributed by atoms with E-state index in [-0.39, 0.29) is 0 Å². The Hall–Kier alpha value is -3.37. The van der Waals surface area contributed by atoms with Gasteiger partial charge >= 0.3 is 0 Å². The van der Waals surface area contributed by atoms with Gasteiger partial charge in [0.05, 0.1) is 17.8 Å². The molecule has 1 heterocycles. The summed E-state index contributed by atoms with van der Waals surface area (Å²) in [7, 11) is 1.63. The topological polar surface area (TPSA) is 44.2 Å². The summed E-state index contributed by atoms with van der Waals surface area (Å²) in [5.41, 5.74) is 7.24. The highest BCUT2D eigenvalue weighted by Crippen LogP contribution is 2.33. The minimum Gasteiger partial charge on any atom is -0.497 e. The van der Waals surface area contributed by atoms with Gasteiger partial charge in [0, 0.05) is 17.3 Å². The molecule has 0 saturated carbocycles. The number of benzene rings is 3. The van der Waals surface area contributed by atoms with Crippen molar-refractivity contribution in [3.63, 3.8) is 0 Å². The third kappa shape index (κ3) is 4.70. The Balaban J connectivity index is 1.57. The molecule has 0 aliphatic carbocycles. The first-order chi connectivity index (χ1) is 15.0. The van der Waals surface area contributed by atoms with E-state index in [1.807, 2.05) is 36.4 Å². The Morgan fingerprint density at radius 1 is 0.903 bits per heavy atom. The van der Waals surface area contributed by atoms with Gasteiger partial charge in [-0.1, -0.05) is 41.4 Å². The summed E-state index contributed by atoms with van der Waals surface area (Å²) in [6, 6.07) is 20.0. The fourth-order valence-corrected chi connectivity index (χ4v) is 3.74. The third-order valence-electron chi connectivity index (χ3n) is 5.21. The number of nitrogens with zero attached hydrogens (tertiary/aromatic N) is 2. The van der Waals surface area contributed by atoms with Gasteiger partial charge in [0.1, 0.15) is 24.4 Å². The average Bonchev–Trinajstić information content (AvgIpc) is 2.79. The molecule has 3 aromatic carbocycles. The molecule has 0 radical (unpaired) electrons. The predicted molar refractivity (Wildman–Crippen MR) is 125 cm³/mol. The van der Waals surface area contributed by atoms with Gasteiger partial charge in [-0.05, 0) is 66.9 Å². The fraction of sp³-hybridized carbons (Fsp3) is 0.154. The molecule has 0 amide bonds. The highest BCUT2D eigenvalue weighted by Gasteiger charge is 2.11. The number of aromatic nitrogens is 2. The van der Waals surface area contributed by atoms with Gasteiger partial charge in [-0.3, -0.25) is 0 Å². The Morgan fingerprint density at radius 2 is 1.77 bits per heavy atom. The Kier molecular flexibility index (Phi) is 6.19. The molecule has 1 aromatic heterocycles. The molecule has 0 aliphatic heterocycles. The lowest BCUT2D eigenvalue weighted by Gasteiger charge is -2.14. The third-order valence-corrected chi connectivity index (χ3v) is 5.52. The average molecular weight is 431 g/mol. The lowest BCUT2D eigenvalue weighted by molar-refractivity contribution is 0.306. The monoisotopic (exact) mass is 430 g/mol. The molecule has 0 N–H and O–H groups in total. The molecule has 0 spiro atoms. The highest BCUT2D eigenvalue weighted by atomic mass is 35.5. The number of aryl methyl sites for hydroxylation is 2. The van der Waals surface area contributed by atoms with Crippen LogP contribution in [0.4, 0.5) is 0 Å². The lowest BCUT2D eigenvalue weighted by atomic mass is 10.00. The maximum atomic E-state index is 6.45. The molecule has 0 unspecified atom stereocenters. The summed E-state index contributed by atoms with van der Waals surface area (Å²) in [5.74, 6) is 1.54. The fourth-order valence-electron chi connectivity index (χ4n) is 3.46. The normalized spacial score (nSPS) is 10.7. The smallest absolute Gasteiger partial charge is 0.129 e. The molecule has 5 heteroatoms. The number of halogens is 1. The van der Waals surface area contributed by atoms with E-state index in [2.05, 4.69) is 48.1 Å². The van der Waals surface area contributed by atoms with E-state index in [0.717, 1.165) is 50.6 Å². The zero-order chi connectivity index (χ0) is 21.8. The second kappa shape index (κ2) is 9.19. The first kappa shape index (κ1) is 20.9. The molecule has 0 fully saturated rings. The van der Waals surface area contributed by atoms with Gasteiger partial charge in [0.25, 0.3) is 0 Å². The number of ether oxygens (including phenoxy) is 2. The zero-order valence-electron chi connectivity index (χ0n) is 17.7. The summed E-state index contributed by atoms with van der Waals surface area (Å²) >= 11 is 6.45. The van der Waals surface area contributed by atoms with E-state index < -0.39 is 0 Å². The maximum absolute atomic E-state index is 6.45. The van der Waals surface area contributed by atoms with E-state index >= 15 is 0 Å². The van der Waals surface area contributed by atoms with Crippen LogP contribution >= 0.6 is 11.6 Å². The van der Waals surface area contributed by atoms with Crippen LogP contribution in [0.2, 0.25) is 5.02 Å². The Labute approximate surface area is 187 Å². The van der Waals surface area contributed by atoms with Gasteiger partial charge in [-0.25, -0.2) is 9.97 Å². The second-order valence-corrected chi connectivity index (χ2v) is 7.78. The summed E-state index contributed by atoms with van der Waals surface area (Å²) < 4.78 is 11.5. The molecular formula is C26H23ClN2O2. The van der Waals surface area contributed by atoms with Gasteiger partial charge in [0.15, 0.2) is 0 Å². The molecule has 0 bridgehead atoms. The van der Waals surface area contributed by atoms with Crippen molar-refractivity contribution >= 4 is 11.6 Å². The van der Waals surface area contributed by atoms with E-state index in [1.165, 1.54) is 0 Å². The molecule has 4 rings (SSSR count). The van der Waals surface area contributed by atoms with Crippen molar-refractivity contribution in [2.75, 3.05) is 7.11 Å². The molecule has 0 saturated heterocycles. The summed E-state index contributed by atoms with van der Waals surface area (Å²) in [6.07, 6.45) is 3.29. The highest BCUT2D eigenvalue weighted by molar-refractivity contribution is 6.33. The minimum absolute atomic E-state index is 0.462. The van der Waals surface area contributed by atoms with Crippen molar-refractivity contribution in [2.45, 2.75) is 20.5 Å². The molecule has 4 nitrogen and oxygen atoms in total. The van der Waals surface area contributed by atoms with E-state index in [1.54, 1.807) is 19.6 Å². The van der Waals surface area contributed by atoms with Gasteiger partial charge in [-0.2, -0.15) is 0 Å². The van der Waals surface area contributed by atoms with Gasteiger partial charge in [-0.15, -0.1) is 0 Å². The van der Waals surface area contributed by atoms with Crippen molar-refractivity contribution in [1.29, 1.82) is 0 Å². The summed E-state index contributed by atoms with van der Waals surface area (Å²) in [4.78, 5) is 8.39. The maximum Gasteiger partial charge on any atom is 0.129 e. The first-order valence-corrected chi connectivity index (χ1v) is 10.4. The lowest BCUT2D eigenvalue weighted by Crippen LogP contribution is -2.00. The van der Waals surface area contributed by atoms with Crippen LogP contribution in [0.5, 0.6) is 11.5 Å². The van der Waals surface area contributed by atoms with Crippen LogP contribution < -0.4 is 9.47 Å². The van der Waals surface area contributed by atoms with Gasteiger partial charge in [0.2, 0.25) is 0 Å². The molecule has 0 atom stereocenters.